The zero-order chi connectivity index (χ0) is 15.9. The topological polar surface area (TPSA) is 36.9 Å². The third-order valence-electron chi connectivity index (χ3n) is 3.97. The Bertz CT molecular complexity index is 655. The van der Waals surface area contributed by atoms with E-state index in [1.807, 2.05) is 37.4 Å². The number of rotatable bonds is 5. The highest BCUT2D eigenvalue weighted by Crippen LogP contribution is 2.27. The van der Waals surface area contributed by atoms with E-state index in [9.17, 15) is 0 Å². The number of ether oxygens (including phenoxy) is 1. The Morgan fingerprint density at radius 3 is 2.74 bits per heavy atom. The van der Waals surface area contributed by atoms with Crippen molar-refractivity contribution in [1.82, 2.24) is 5.32 Å². The molecule has 4 heteroatoms. The highest BCUT2D eigenvalue weighted by atomic mass is 16.5. The summed E-state index contributed by atoms with van der Waals surface area (Å²) in [6.45, 7) is 2.53. The number of aliphatic imine (C=N–C) groups is 1. The summed E-state index contributed by atoms with van der Waals surface area (Å²) in [6.07, 6.45) is 2.01. The summed E-state index contributed by atoms with van der Waals surface area (Å²) in [7, 11) is 1.84. The quantitative estimate of drug-likeness (QED) is 0.524. The summed E-state index contributed by atoms with van der Waals surface area (Å²) in [5, 5.41) is 3.43. The number of fused-ring (bicyclic) bond motifs is 1. The van der Waals surface area contributed by atoms with E-state index >= 15 is 0 Å². The number of hydrogen-bond acceptors (Lipinski definition) is 2. The van der Waals surface area contributed by atoms with Crippen LogP contribution in [0.1, 0.15) is 12.0 Å². The normalized spacial score (nSPS) is 13.8. The Kier molecular flexibility index (Phi) is 5.14. The number of benzene rings is 2. The van der Waals surface area contributed by atoms with Gasteiger partial charge in [-0.2, -0.15) is 0 Å². The minimum Gasteiger partial charge on any atom is -0.494 e. The maximum absolute atomic E-state index is 5.71. The SMILES string of the molecule is CN=C(NCCCOc1ccccc1)N1CCc2ccccc21. The van der Waals surface area contributed by atoms with Crippen molar-refractivity contribution in [2.75, 3.05) is 31.6 Å². The fourth-order valence-electron chi connectivity index (χ4n) is 2.83. The molecule has 1 aliphatic heterocycles. The molecule has 0 atom stereocenters. The first-order valence-corrected chi connectivity index (χ1v) is 8.12. The third-order valence-corrected chi connectivity index (χ3v) is 3.97. The van der Waals surface area contributed by atoms with E-state index in [0.717, 1.165) is 37.6 Å². The van der Waals surface area contributed by atoms with E-state index < -0.39 is 0 Å². The van der Waals surface area contributed by atoms with Crippen LogP contribution in [0.4, 0.5) is 5.69 Å². The molecule has 2 aromatic carbocycles. The molecule has 0 spiro atoms. The van der Waals surface area contributed by atoms with E-state index in [-0.39, 0.29) is 0 Å². The first-order chi connectivity index (χ1) is 11.4. The average Bonchev–Trinajstić information content (AvgIpc) is 3.03. The van der Waals surface area contributed by atoms with Gasteiger partial charge in [0.05, 0.1) is 6.61 Å². The molecule has 0 bridgehead atoms. The second-order valence-corrected chi connectivity index (χ2v) is 5.52. The Hall–Kier alpha value is -2.49. The molecule has 0 unspecified atom stereocenters. The maximum Gasteiger partial charge on any atom is 0.198 e. The third kappa shape index (κ3) is 3.83. The standard InChI is InChI=1S/C19H23N3O/c1-20-19(22-14-12-16-8-5-6-11-18(16)22)21-13-7-15-23-17-9-3-2-4-10-17/h2-6,8-11H,7,12-15H2,1H3,(H,20,21). The van der Waals surface area contributed by atoms with Gasteiger partial charge in [-0.15, -0.1) is 0 Å². The lowest BCUT2D eigenvalue weighted by Crippen LogP contribution is -2.41. The number of hydrogen-bond donors (Lipinski definition) is 1. The van der Waals surface area contributed by atoms with Crippen LogP contribution >= 0.6 is 0 Å². The number of nitrogens with one attached hydrogen (secondary N) is 1. The first-order valence-electron chi connectivity index (χ1n) is 8.12. The van der Waals surface area contributed by atoms with Gasteiger partial charge >= 0.3 is 0 Å². The van der Waals surface area contributed by atoms with Crippen molar-refractivity contribution < 1.29 is 4.74 Å². The summed E-state index contributed by atoms with van der Waals surface area (Å²) in [6, 6.07) is 18.5. The Balaban J connectivity index is 1.46. The van der Waals surface area contributed by atoms with Gasteiger partial charge in [-0.25, -0.2) is 0 Å². The fraction of sp³-hybridized carbons (Fsp3) is 0.316. The van der Waals surface area contributed by atoms with E-state index in [0.29, 0.717) is 6.61 Å². The van der Waals surface area contributed by atoms with Crippen LogP contribution in [0.3, 0.4) is 0 Å². The molecule has 0 amide bonds. The highest BCUT2D eigenvalue weighted by Gasteiger charge is 2.21. The molecule has 0 fully saturated rings. The molecule has 0 aromatic heterocycles. The summed E-state index contributed by atoms with van der Waals surface area (Å²) in [5.74, 6) is 1.86. The summed E-state index contributed by atoms with van der Waals surface area (Å²) >= 11 is 0. The second kappa shape index (κ2) is 7.68. The van der Waals surface area contributed by atoms with Gasteiger partial charge in [-0.3, -0.25) is 4.99 Å². The van der Waals surface area contributed by atoms with Crippen molar-refractivity contribution in [3.8, 4) is 5.75 Å². The zero-order valence-corrected chi connectivity index (χ0v) is 13.5. The van der Waals surface area contributed by atoms with Gasteiger partial charge in [-0.1, -0.05) is 36.4 Å². The molecule has 120 valence electrons. The molecule has 0 saturated carbocycles. The maximum atomic E-state index is 5.71. The molecule has 0 radical (unpaired) electrons. The van der Waals surface area contributed by atoms with Crippen LogP contribution in [0.2, 0.25) is 0 Å². The lowest BCUT2D eigenvalue weighted by molar-refractivity contribution is 0.311. The van der Waals surface area contributed by atoms with Crippen molar-refractivity contribution in [1.29, 1.82) is 0 Å². The van der Waals surface area contributed by atoms with Crippen molar-refractivity contribution in [3.05, 3.63) is 60.2 Å². The average molecular weight is 309 g/mol. The van der Waals surface area contributed by atoms with Crippen molar-refractivity contribution in [3.63, 3.8) is 0 Å². The Morgan fingerprint density at radius 2 is 1.91 bits per heavy atom. The van der Waals surface area contributed by atoms with Gasteiger partial charge < -0.3 is 15.0 Å². The minimum absolute atomic E-state index is 0.699. The van der Waals surface area contributed by atoms with E-state index in [4.69, 9.17) is 4.74 Å². The highest BCUT2D eigenvalue weighted by molar-refractivity contribution is 5.97. The molecule has 23 heavy (non-hydrogen) atoms. The molecule has 1 N–H and O–H groups in total. The summed E-state index contributed by atoms with van der Waals surface area (Å²) in [5.41, 5.74) is 2.66. The second-order valence-electron chi connectivity index (χ2n) is 5.52. The molecule has 2 aromatic rings. The molecule has 1 aliphatic rings. The Morgan fingerprint density at radius 1 is 1.13 bits per heavy atom. The van der Waals surface area contributed by atoms with Crippen LogP contribution in [0.5, 0.6) is 5.75 Å². The molecule has 1 heterocycles. The van der Waals surface area contributed by atoms with Gasteiger partial charge in [0.25, 0.3) is 0 Å². The molecule has 0 saturated heterocycles. The van der Waals surface area contributed by atoms with Crippen LogP contribution in [0.15, 0.2) is 59.6 Å². The van der Waals surface area contributed by atoms with Gasteiger partial charge in [0.15, 0.2) is 5.96 Å². The van der Waals surface area contributed by atoms with Gasteiger partial charge in [-0.05, 0) is 36.6 Å². The van der Waals surface area contributed by atoms with Crippen LogP contribution in [-0.4, -0.2) is 32.7 Å². The number of anilines is 1. The zero-order valence-electron chi connectivity index (χ0n) is 13.5. The van der Waals surface area contributed by atoms with Crippen LogP contribution in [0.25, 0.3) is 0 Å². The lowest BCUT2D eigenvalue weighted by Gasteiger charge is -2.22. The first kappa shape index (κ1) is 15.4. The van der Waals surface area contributed by atoms with Crippen LogP contribution in [0, 0.1) is 0 Å². The van der Waals surface area contributed by atoms with Crippen molar-refractivity contribution in [2.24, 2.45) is 4.99 Å². The van der Waals surface area contributed by atoms with Crippen molar-refractivity contribution >= 4 is 11.6 Å². The molecular formula is C19H23N3O. The number of nitrogens with zero attached hydrogens (tertiary/aromatic N) is 2. The Labute approximate surface area is 137 Å². The number of para-hydroxylation sites is 2. The monoisotopic (exact) mass is 309 g/mol. The molecular weight excluding hydrogens is 286 g/mol. The van der Waals surface area contributed by atoms with E-state index in [2.05, 4.69) is 39.5 Å². The van der Waals surface area contributed by atoms with Crippen LogP contribution in [-0.2, 0) is 6.42 Å². The number of guanidine groups is 1. The summed E-state index contributed by atoms with van der Waals surface area (Å²) < 4.78 is 5.71. The largest absolute Gasteiger partial charge is 0.494 e. The predicted molar refractivity (Wildman–Crippen MR) is 95.4 cm³/mol. The van der Waals surface area contributed by atoms with E-state index in [1.165, 1.54) is 11.3 Å². The van der Waals surface area contributed by atoms with Gasteiger partial charge in [0.2, 0.25) is 0 Å². The summed E-state index contributed by atoms with van der Waals surface area (Å²) in [4.78, 5) is 6.67. The molecule has 4 nitrogen and oxygen atoms in total. The lowest BCUT2D eigenvalue weighted by atomic mass is 10.2. The van der Waals surface area contributed by atoms with E-state index in [1.54, 1.807) is 0 Å². The van der Waals surface area contributed by atoms with Gasteiger partial charge in [0, 0.05) is 25.8 Å². The predicted octanol–water partition coefficient (Wildman–Crippen LogP) is 3.09. The minimum atomic E-state index is 0.699. The fourth-order valence-corrected chi connectivity index (χ4v) is 2.83. The van der Waals surface area contributed by atoms with Crippen LogP contribution < -0.4 is 15.0 Å². The molecule has 3 rings (SSSR count). The smallest absolute Gasteiger partial charge is 0.198 e. The van der Waals surface area contributed by atoms with Gasteiger partial charge in [0.1, 0.15) is 5.75 Å². The van der Waals surface area contributed by atoms with Crippen molar-refractivity contribution in [2.45, 2.75) is 12.8 Å². The molecule has 0 aliphatic carbocycles.